The van der Waals surface area contributed by atoms with Crippen LogP contribution < -0.4 is 10.1 Å². The van der Waals surface area contributed by atoms with Gasteiger partial charge in [-0.05, 0) is 42.0 Å². The highest BCUT2D eigenvalue weighted by Crippen LogP contribution is 2.45. The maximum atomic E-state index is 12.0. The number of hydrogen-bond acceptors (Lipinski definition) is 4. The van der Waals surface area contributed by atoms with Crippen LogP contribution in [0, 0.1) is 0 Å². The Labute approximate surface area is 149 Å². The van der Waals surface area contributed by atoms with Gasteiger partial charge in [-0.25, -0.2) is 0 Å². The lowest BCUT2D eigenvalue weighted by Crippen LogP contribution is -2.20. The van der Waals surface area contributed by atoms with Gasteiger partial charge in [0.2, 0.25) is 0 Å². The van der Waals surface area contributed by atoms with E-state index in [0.717, 1.165) is 5.69 Å². The number of halogens is 1. The van der Waals surface area contributed by atoms with Crippen LogP contribution in [-0.4, -0.2) is 24.0 Å². The number of benzene rings is 2. The van der Waals surface area contributed by atoms with Gasteiger partial charge in [-0.3, -0.25) is 4.79 Å². The van der Waals surface area contributed by atoms with Crippen molar-refractivity contribution in [3.8, 4) is 5.75 Å². The molecule has 23 heavy (non-hydrogen) atoms. The molecule has 1 aliphatic rings. The molecule has 1 saturated heterocycles. The van der Waals surface area contributed by atoms with E-state index in [4.69, 9.17) is 16.3 Å². The first-order chi connectivity index (χ1) is 11.2. The van der Waals surface area contributed by atoms with Crippen molar-refractivity contribution < 1.29 is 9.53 Å². The zero-order chi connectivity index (χ0) is 16.1. The molecule has 3 rings (SSSR count). The molecule has 1 amide bonds. The summed E-state index contributed by atoms with van der Waals surface area (Å²) in [5.41, 5.74) is 2.05. The molecule has 1 fully saturated rings. The average molecular weight is 366 g/mol. The first kappa shape index (κ1) is 16.6. The molecular weight excluding hydrogens is 350 g/mol. The van der Waals surface area contributed by atoms with Crippen molar-refractivity contribution in [1.29, 1.82) is 0 Å². The predicted octanol–water partition coefficient (Wildman–Crippen LogP) is 4.84. The molecule has 0 radical (unpaired) electrons. The Morgan fingerprint density at radius 2 is 1.91 bits per heavy atom. The number of amides is 1. The summed E-state index contributed by atoms with van der Waals surface area (Å²) in [7, 11) is 0. The van der Waals surface area contributed by atoms with Crippen molar-refractivity contribution in [2.24, 2.45) is 0 Å². The number of rotatable bonds is 5. The van der Waals surface area contributed by atoms with E-state index >= 15 is 0 Å². The van der Waals surface area contributed by atoms with Crippen LogP contribution in [0.2, 0.25) is 5.02 Å². The fraction of sp³-hybridized carbons (Fsp3) is 0.235. The van der Waals surface area contributed by atoms with Gasteiger partial charge >= 0.3 is 0 Å². The van der Waals surface area contributed by atoms with Gasteiger partial charge < -0.3 is 10.1 Å². The lowest BCUT2D eigenvalue weighted by Gasteiger charge is -2.11. The largest absolute Gasteiger partial charge is 0.484 e. The maximum absolute atomic E-state index is 12.0. The summed E-state index contributed by atoms with van der Waals surface area (Å²) in [6.07, 6.45) is 0. The van der Waals surface area contributed by atoms with Crippen LogP contribution in [0.15, 0.2) is 48.5 Å². The fourth-order valence-electron chi connectivity index (χ4n) is 2.19. The predicted molar refractivity (Wildman–Crippen MR) is 99.7 cm³/mol. The number of thioether (sulfide) groups is 2. The Balaban J connectivity index is 1.55. The molecule has 1 heterocycles. The standard InChI is InChI=1S/C17H16ClNO2S2/c18-13-4-6-15(7-5-13)21-11-16(20)19-14-3-1-2-12(10-14)17-22-8-9-23-17/h1-7,10,17H,8-9,11H2,(H,19,20). The number of hydrogen-bond donors (Lipinski definition) is 1. The van der Waals surface area contributed by atoms with Crippen molar-refractivity contribution in [1.82, 2.24) is 0 Å². The van der Waals surface area contributed by atoms with E-state index in [-0.39, 0.29) is 12.5 Å². The minimum Gasteiger partial charge on any atom is -0.484 e. The summed E-state index contributed by atoms with van der Waals surface area (Å²) < 4.78 is 5.92. The Bertz CT molecular complexity index is 673. The Kier molecular flexibility index (Phi) is 5.75. The summed E-state index contributed by atoms with van der Waals surface area (Å²) in [6, 6.07) is 15.0. The summed E-state index contributed by atoms with van der Waals surface area (Å²) in [5.74, 6) is 2.81. The van der Waals surface area contributed by atoms with Gasteiger partial charge in [-0.1, -0.05) is 23.7 Å². The molecule has 0 saturated carbocycles. The van der Waals surface area contributed by atoms with Crippen LogP contribution in [0.3, 0.4) is 0 Å². The third kappa shape index (κ3) is 4.83. The minimum absolute atomic E-state index is 0.0290. The molecule has 2 aromatic carbocycles. The zero-order valence-corrected chi connectivity index (χ0v) is 14.7. The Morgan fingerprint density at radius 1 is 1.17 bits per heavy atom. The average Bonchev–Trinajstić information content (AvgIpc) is 3.09. The molecule has 1 aliphatic heterocycles. The highest BCUT2D eigenvalue weighted by molar-refractivity contribution is 8.19. The van der Waals surface area contributed by atoms with E-state index in [0.29, 0.717) is 15.4 Å². The van der Waals surface area contributed by atoms with Crippen molar-refractivity contribution in [3.63, 3.8) is 0 Å². The highest BCUT2D eigenvalue weighted by atomic mass is 35.5. The molecule has 0 atom stereocenters. The van der Waals surface area contributed by atoms with Gasteiger partial charge in [0.25, 0.3) is 5.91 Å². The van der Waals surface area contributed by atoms with E-state index in [9.17, 15) is 4.79 Å². The van der Waals surface area contributed by atoms with Gasteiger partial charge in [0.05, 0.1) is 4.58 Å². The van der Waals surface area contributed by atoms with Gasteiger partial charge in [-0.15, -0.1) is 23.5 Å². The second-order valence-electron chi connectivity index (χ2n) is 4.99. The number of anilines is 1. The lowest BCUT2D eigenvalue weighted by atomic mass is 10.2. The Morgan fingerprint density at radius 3 is 2.65 bits per heavy atom. The molecule has 0 unspecified atom stereocenters. The van der Waals surface area contributed by atoms with Crippen LogP contribution >= 0.6 is 35.1 Å². The lowest BCUT2D eigenvalue weighted by molar-refractivity contribution is -0.118. The second-order valence-corrected chi connectivity index (χ2v) is 8.15. The number of ether oxygens (including phenoxy) is 1. The molecule has 0 aliphatic carbocycles. The normalized spacial score (nSPS) is 14.7. The number of carbonyl (C=O) groups excluding carboxylic acids is 1. The molecule has 1 N–H and O–H groups in total. The van der Waals surface area contributed by atoms with E-state index in [2.05, 4.69) is 11.4 Å². The van der Waals surface area contributed by atoms with Gasteiger partial charge in [-0.2, -0.15) is 0 Å². The number of nitrogens with one attached hydrogen (secondary N) is 1. The molecule has 0 spiro atoms. The van der Waals surface area contributed by atoms with Crippen LogP contribution in [0.5, 0.6) is 5.75 Å². The van der Waals surface area contributed by atoms with Crippen LogP contribution in [0.4, 0.5) is 5.69 Å². The quantitative estimate of drug-likeness (QED) is 0.823. The van der Waals surface area contributed by atoms with Gasteiger partial charge in [0.15, 0.2) is 6.61 Å². The van der Waals surface area contributed by atoms with E-state index < -0.39 is 0 Å². The minimum atomic E-state index is -0.177. The molecular formula is C17H16ClNO2S2. The maximum Gasteiger partial charge on any atom is 0.262 e. The van der Waals surface area contributed by atoms with Gasteiger partial charge in [0.1, 0.15) is 5.75 Å². The highest BCUT2D eigenvalue weighted by Gasteiger charge is 2.18. The van der Waals surface area contributed by atoms with Crippen LogP contribution in [0.25, 0.3) is 0 Å². The molecule has 2 aromatic rings. The van der Waals surface area contributed by atoms with Crippen molar-refractivity contribution in [2.45, 2.75) is 4.58 Å². The SMILES string of the molecule is O=C(COc1ccc(Cl)cc1)Nc1cccc(C2SCCS2)c1. The topological polar surface area (TPSA) is 38.3 Å². The summed E-state index contributed by atoms with van der Waals surface area (Å²) >= 11 is 9.71. The fourth-order valence-corrected chi connectivity index (χ4v) is 5.15. The second kappa shape index (κ2) is 7.99. The number of carbonyl (C=O) groups is 1. The smallest absolute Gasteiger partial charge is 0.262 e. The molecule has 6 heteroatoms. The monoisotopic (exact) mass is 365 g/mol. The summed E-state index contributed by atoms with van der Waals surface area (Å²) in [6.45, 7) is -0.0290. The summed E-state index contributed by atoms with van der Waals surface area (Å²) in [4.78, 5) is 12.0. The summed E-state index contributed by atoms with van der Waals surface area (Å²) in [5, 5.41) is 3.52. The molecule has 120 valence electrons. The van der Waals surface area contributed by atoms with E-state index in [1.165, 1.54) is 17.1 Å². The van der Waals surface area contributed by atoms with Crippen LogP contribution in [0.1, 0.15) is 10.1 Å². The van der Waals surface area contributed by atoms with Crippen molar-refractivity contribution >= 4 is 46.7 Å². The van der Waals surface area contributed by atoms with Gasteiger partial charge in [0, 0.05) is 22.2 Å². The third-order valence-electron chi connectivity index (χ3n) is 3.25. The zero-order valence-electron chi connectivity index (χ0n) is 12.3. The molecule has 0 bridgehead atoms. The Hall–Kier alpha value is -1.30. The van der Waals surface area contributed by atoms with E-state index in [1.54, 1.807) is 24.3 Å². The van der Waals surface area contributed by atoms with Crippen molar-refractivity contribution in [3.05, 3.63) is 59.1 Å². The molecule has 0 aromatic heterocycles. The van der Waals surface area contributed by atoms with E-state index in [1.807, 2.05) is 41.7 Å². The third-order valence-corrected chi connectivity index (χ3v) is 6.60. The first-order valence-electron chi connectivity index (χ1n) is 7.22. The molecule has 3 nitrogen and oxygen atoms in total. The first-order valence-corrected chi connectivity index (χ1v) is 9.70. The van der Waals surface area contributed by atoms with Crippen LogP contribution in [-0.2, 0) is 4.79 Å². The van der Waals surface area contributed by atoms with Crippen molar-refractivity contribution in [2.75, 3.05) is 23.4 Å².